The third kappa shape index (κ3) is 2.75. The van der Waals surface area contributed by atoms with Crippen molar-refractivity contribution >= 4 is 23.4 Å². The number of rotatable bonds is 3. The SMILES string of the molecule is COC(=O)c1cc(Sc2ncccn2)ncc1N. The van der Waals surface area contributed by atoms with Gasteiger partial charge in [-0.1, -0.05) is 0 Å². The number of pyridine rings is 1. The predicted octanol–water partition coefficient (Wildman–Crippen LogP) is 1.39. The number of anilines is 1. The van der Waals surface area contributed by atoms with Crippen LogP contribution < -0.4 is 5.73 Å². The van der Waals surface area contributed by atoms with E-state index in [-0.39, 0.29) is 11.3 Å². The van der Waals surface area contributed by atoms with E-state index in [1.165, 1.54) is 25.1 Å². The van der Waals surface area contributed by atoms with Crippen LogP contribution >= 0.6 is 11.8 Å². The second kappa shape index (κ2) is 5.46. The Balaban J connectivity index is 2.27. The molecule has 0 bridgehead atoms. The lowest BCUT2D eigenvalue weighted by Gasteiger charge is -2.05. The zero-order valence-corrected chi connectivity index (χ0v) is 10.3. The van der Waals surface area contributed by atoms with Gasteiger partial charge >= 0.3 is 5.97 Å². The fourth-order valence-electron chi connectivity index (χ4n) is 1.22. The highest BCUT2D eigenvalue weighted by atomic mass is 32.2. The molecule has 0 aromatic carbocycles. The number of hydrogen-bond acceptors (Lipinski definition) is 7. The summed E-state index contributed by atoms with van der Waals surface area (Å²) in [4.78, 5) is 23.7. The highest BCUT2D eigenvalue weighted by molar-refractivity contribution is 7.99. The maximum atomic E-state index is 11.5. The largest absolute Gasteiger partial charge is 0.465 e. The van der Waals surface area contributed by atoms with Crippen LogP contribution in [0.2, 0.25) is 0 Å². The van der Waals surface area contributed by atoms with Gasteiger partial charge in [-0.25, -0.2) is 19.7 Å². The van der Waals surface area contributed by atoms with Gasteiger partial charge in [-0.2, -0.15) is 0 Å². The highest BCUT2D eigenvalue weighted by Crippen LogP contribution is 2.24. The van der Waals surface area contributed by atoms with Gasteiger partial charge in [0.05, 0.1) is 24.6 Å². The molecule has 0 amide bonds. The molecule has 2 aromatic heterocycles. The molecule has 0 radical (unpaired) electrons. The van der Waals surface area contributed by atoms with Crippen LogP contribution in [-0.4, -0.2) is 28.0 Å². The minimum atomic E-state index is -0.495. The number of esters is 1. The summed E-state index contributed by atoms with van der Waals surface area (Å²) in [6.07, 6.45) is 4.68. The van der Waals surface area contributed by atoms with Crippen molar-refractivity contribution in [2.24, 2.45) is 0 Å². The van der Waals surface area contributed by atoms with Crippen LogP contribution in [0.3, 0.4) is 0 Å². The van der Waals surface area contributed by atoms with E-state index in [0.717, 1.165) is 0 Å². The number of nitrogen functional groups attached to an aromatic ring is 1. The van der Waals surface area contributed by atoms with Crippen molar-refractivity contribution in [2.75, 3.05) is 12.8 Å². The van der Waals surface area contributed by atoms with Crippen molar-refractivity contribution in [1.29, 1.82) is 0 Å². The molecule has 6 nitrogen and oxygen atoms in total. The lowest BCUT2D eigenvalue weighted by Crippen LogP contribution is -2.06. The third-order valence-electron chi connectivity index (χ3n) is 2.05. The van der Waals surface area contributed by atoms with Crippen molar-refractivity contribution in [3.63, 3.8) is 0 Å². The van der Waals surface area contributed by atoms with Crippen molar-refractivity contribution in [3.05, 3.63) is 36.3 Å². The average Bonchev–Trinajstić information content (AvgIpc) is 2.41. The summed E-state index contributed by atoms with van der Waals surface area (Å²) in [7, 11) is 1.30. The van der Waals surface area contributed by atoms with Crippen LogP contribution in [0.25, 0.3) is 0 Å². The number of carbonyl (C=O) groups excluding carboxylic acids is 1. The molecule has 2 rings (SSSR count). The molecule has 2 aromatic rings. The number of methoxy groups -OCH3 is 1. The van der Waals surface area contributed by atoms with Gasteiger partial charge in [-0.05, 0) is 23.9 Å². The molecule has 0 spiro atoms. The quantitative estimate of drug-likeness (QED) is 0.660. The summed E-state index contributed by atoms with van der Waals surface area (Å²) in [5.41, 5.74) is 6.22. The Kier molecular flexibility index (Phi) is 3.73. The molecule has 2 heterocycles. The van der Waals surface area contributed by atoms with E-state index < -0.39 is 5.97 Å². The summed E-state index contributed by atoms with van der Waals surface area (Å²) in [5.74, 6) is -0.495. The second-order valence-corrected chi connectivity index (χ2v) is 4.22. The fraction of sp³-hybridized carbons (Fsp3) is 0.0909. The summed E-state index contributed by atoms with van der Waals surface area (Å²) in [6, 6.07) is 3.28. The van der Waals surface area contributed by atoms with Gasteiger partial charge in [0.25, 0.3) is 0 Å². The van der Waals surface area contributed by atoms with Crippen LogP contribution in [0.4, 0.5) is 5.69 Å². The summed E-state index contributed by atoms with van der Waals surface area (Å²) >= 11 is 1.24. The van der Waals surface area contributed by atoms with Gasteiger partial charge in [0.2, 0.25) is 0 Å². The molecular formula is C11H10N4O2S. The molecule has 92 valence electrons. The first-order valence-corrected chi connectivity index (χ1v) is 5.81. The van der Waals surface area contributed by atoms with E-state index in [1.807, 2.05) is 0 Å². The second-order valence-electron chi connectivity index (χ2n) is 3.23. The Labute approximate surface area is 108 Å². The fourth-order valence-corrected chi connectivity index (χ4v) is 1.92. The molecular weight excluding hydrogens is 252 g/mol. The first-order chi connectivity index (χ1) is 8.70. The maximum Gasteiger partial charge on any atom is 0.340 e. The van der Waals surface area contributed by atoms with E-state index in [9.17, 15) is 4.79 Å². The number of nitrogens with two attached hydrogens (primary N) is 1. The highest BCUT2D eigenvalue weighted by Gasteiger charge is 2.12. The Hall–Kier alpha value is -2.15. The Morgan fingerprint density at radius 1 is 1.33 bits per heavy atom. The molecule has 2 N–H and O–H groups in total. The van der Waals surface area contributed by atoms with Crippen LogP contribution in [-0.2, 0) is 4.74 Å². The standard InChI is InChI=1S/C11H10N4O2S/c1-17-10(16)7-5-9(15-6-8(7)12)18-11-13-3-2-4-14-11/h2-6H,12H2,1H3. The molecule has 0 saturated heterocycles. The van der Waals surface area contributed by atoms with E-state index in [4.69, 9.17) is 5.73 Å². The van der Waals surface area contributed by atoms with Crippen molar-refractivity contribution < 1.29 is 9.53 Å². The number of aromatic nitrogens is 3. The van der Waals surface area contributed by atoms with Gasteiger partial charge in [0, 0.05) is 12.4 Å². The molecule has 0 aliphatic rings. The zero-order chi connectivity index (χ0) is 13.0. The average molecular weight is 262 g/mol. The van der Waals surface area contributed by atoms with Crippen LogP contribution in [0.5, 0.6) is 0 Å². The first kappa shape index (κ1) is 12.3. The minimum absolute atomic E-state index is 0.278. The molecule has 0 unspecified atom stereocenters. The molecule has 18 heavy (non-hydrogen) atoms. The topological polar surface area (TPSA) is 91.0 Å². The van der Waals surface area contributed by atoms with Crippen molar-refractivity contribution in [2.45, 2.75) is 10.2 Å². The van der Waals surface area contributed by atoms with E-state index in [2.05, 4.69) is 19.7 Å². The number of ether oxygens (including phenoxy) is 1. The summed E-state index contributed by atoms with van der Waals surface area (Å²) in [6.45, 7) is 0. The van der Waals surface area contributed by atoms with Crippen molar-refractivity contribution in [1.82, 2.24) is 15.0 Å². The van der Waals surface area contributed by atoms with Crippen LogP contribution in [0, 0.1) is 0 Å². The summed E-state index contributed by atoms with van der Waals surface area (Å²) < 4.78 is 4.64. The molecule has 0 fully saturated rings. The monoisotopic (exact) mass is 262 g/mol. The molecule has 0 aliphatic heterocycles. The first-order valence-electron chi connectivity index (χ1n) is 4.99. The van der Waals surface area contributed by atoms with E-state index in [1.54, 1.807) is 24.5 Å². The predicted molar refractivity (Wildman–Crippen MR) is 66.1 cm³/mol. The normalized spacial score (nSPS) is 10.1. The third-order valence-corrected chi connectivity index (χ3v) is 2.88. The maximum absolute atomic E-state index is 11.5. The lowest BCUT2D eigenvalue weighted by atomic mass is 10.2. The van der Waals surface area contributed by atoms with E-state index in [0.29, 0.717) is 10.2 Å². The summed E-state index contributed by atoms with van der Waals surface area (Å²) in [5, 5.41) is 1.13. The van der Waals surface area contributed by atoms with Gasteiger partial charge in [0.1, 0.15) is 5.03 Å². The van der Waals surface area contributed by atoms with Gasteiger partial charge in [-0.3, -0.25) is 0 Å². The molecule has 7 heteroatoms. The number of carbonyl (C=O) groups is 1. The van der Waals surface area contributed by atoms with Crippen LogP contribution in [0.15, 0.2) is 40.9 Å². The van der Waals surface area contributed by atoms with Crippen LogP contribution in [0.1, 0.15) is 10.4 Å². The Morgan fingerprint density at radius 3 is 2.72 bits per heavy atom. The van der Waals surface area contributed by atoms with Gasteiger partial charge in [-0.15, -0.1) is 0 Å². The lowest BCUT2D eigenvalue weighted by molar-refractivity contribution is 0.0601. The smallest absolute Gasteiger partial charge is 0.340 e. The zero-order valence-electron chi connectivity index (χ0n) is 9.53. The molecule has 0 aliphatic carbocycles. The minimum Gasteiger partial charge on any atom is -0.465 e. The Morgan fingerprint density at radius 2 is 2.06 bits per heavy atom. The molecule has 0 saturated carbocycles. The van der Waals surface area contributed by atoms with Crippen molar-refractivity contribution in [3.8, 4) is 0 Å². The van der Waals surface area contributed by atoms with Gasteiger partial charge < -0.3 is 10.5 Å². The number of hydrogen-bond donors (Lipinski definition) is 1. The van der Waals surface area contributed by atoms with E-state index >= 15 is 0 Å². The Bertz CT molecular complexity index is 562. The van der Waals surface area contributed by atoms with Gasteiger partial charge in [0.15, 0.2) is 5.16 Å². The molecule has 0 atom stereocenters. The number of nitrogens with zero attached hydrogens (tertiary/aromatic N) is 3.